The lowest BCUT2D eigenvalue weighted by atomic mass is 10.1. The number of aromatic hydroxyl groups is 1. The summed E-state index contributed by atoms with van der Waals surface area (Å²) >= 11 is 0. The van der Waals surface area contributed by atoms with Crippen molar-refractivity contribution in [2.75, 3.05) is 37.5 Å². The summed E-state index contributed by atoms with van der Waals surface area (Å²) in [5.74, 6) is -1.86. The zero-order valence-corrected chi connectivity index (χ0v) is 16.1. The van der Waals surface area contributed by atoms with E-state index in [0.717, 1.165) is 31.1 Å². The van der Waals surface area contributed by atoms with Crippen LogP contribution in [-0.2, 0) is 11.0 Å². The van der Waals surface area contributed by atoms with Crippen molar-refractivity contribution >= 4 is 28.8 Å². The molecule has 0 spiro atoms. The normalized spacial score (nSPS) is 17.0. The van der Waals surface area contributed by atoms with E-state index in [1.165, 1.54) is 6.07 Å². The van der Waals surface area contributed by atoms with Crippen LogP contribution in [0.15, 0.2) is 28.4 Å². The molecule has 9 nitrogen and oxygen atoms in total. The predicted octanol–water partition coefficient (Wildman–Crippen LogP) is 3.54. The largest absolute Gasteiger partial charge is 0.506 e. The second-order valence-electron chi connectivity index (χ2n) is 6.63. The molecule has 29 heavy (non-hydrogen) atoms. The van der Waals surface area contributed by atoms with Gasteiger partial charge in [-0.25, -0.2) is 4.79 Å². The van der Waals surface area contributed by atoms with Gasteiger partial charge in [0.2, 0.25) is 0 Å². The zero-order chi connectivity index (χ0) is 21.5. The zero-order valence-electron chi connectivity index (χ0n) is 16.1. The Morgan fingerprint density at radius 1 is 1.24 bits per heavy atom. The van der Waals surface area contributed by atoms with E-state index in [9.17, 15) is 23.1 Å². The first kappa shape index (κ1) is 20.4. The molecule has 0 radical (unpaired) electrons. The standard InChI is InChI=1S/C17H19F3N6O3/c1-9-8-24(2)11-5-10(14(27)6-12(11)25(9)3)21-22-15-7-13(16(28)29-4)26(23-15)17(18,19)20/h5-7,9,27H,8H2,1-4H3. The molecule has 1 N–H and O–H groups in total. The number of halogens is 3. The number of nitrogens with zero attached hydrogens (tertiary/aromatic N) is 6. The summed E-state index contributed by atoms with van der Waals surface area (Å²) in [4.78, 5) is 15.6. The number of azo groups is 1. The molecule has 1 atom stereocenters. The van der Waals surface area contributed by atoms with E-state index in [1.807, 2.05) is 30.8 Å². The van der Waals surface area contributed by atoms with Gasteiger partial charge in [0.15, 0.2) is 11.5 Å². The van der Waals surface area contributed by atoms with Gasteiger partial charge >= 0.3 is 12.3 Å². The van der Waals surface area contributed by atoms with Gasteiger partial charge < -0.3 is 19.6 Å². The molecule has 0 fully saturated rings. The van der Waals surface area contributed by atoms with Crippen LogP contribution >= 0.6 is 0 Å². The smallest absolute Gasteiger partial charge is 0.505 e. The van der Waals surface area contributed by atoms with Crippen LogP contribution in [0.5, 0.6) is 5.75 Å². The number of benzene rings is 1. The molecular formula is C17H19F3N6O3. The first-order valence-electron chi connectivity index (χ1n) is 8.51. The highest BCUT2D eigenvalue weighted by Crippen LogP contribution is 2.42. The number of carbonyl (C=O) groups excluding carboxylic acids is 1. The van der Waals surface area contributed by atoms with E-state index < -0.39 is 28.5 Å². The Labute approximate surface area is 164 Å². The summed E-state index contributed by atoms with van der Waals surface area (Å²) in [6, 6.07) is 4.13. The topological polar surface area (TPSA) is 95.5 Å². The lowest BCUT2D eigenvalue weighted by Gasteiger charge is -2.39. The maximum atomic E-state index is 13.1. The van der Waals surface area contributed by atoms with Crippen molar-refractivity contribution < 1.29 is 27.8 Å². The van der Waals surface area contributed by atoms with Crippen molar-refractivity contribution in [2.45, 2.75) is 19.3 Å². The number of phenols is 1. The average molecular weight is 412 g/mol. The van der Waals surface area contributed by atoms with Crippen LogP contribution in [-0.4, -0.2) is 54.6 Å². The number of esters is 1. The fourth-order valence-corrected chi connectivity index (χ4v) is 3.04. The van der Waals surface area contributed by atoms with Crippen LogP contribution in [0.2, 0.25) is 0 Å². The quantitative estimate of drug-likeness (QED) is 0.612. The summed E-state index contributed by atoms with van der Waals surface area (Å²) in [6.45, 7) is 2.78. The summed E-state index contributed by atoms with van der Waals surface area (Å²) in [7, 11) is 4.74. The highest BCUT2D eigenvalue weighted by molar-refractivity contribution is 5.88. The summed E-state index contributed by atoms with van der Waals surface area (Å²) < 4.78 is 43.1. The lowest BCUT2D eigenvalue weighted by Crippen LogP contribution is -2.43. The molecule has 0 saturated heterocycles. The van der Waals surface area contributed by atoms with Gasteiger partial charge in [-0.1, -0.05) is 0 Å². The molecule has 1 aromatic carbocycles. The highest BCUT2D eigenvalue weighted by atomic mass is 19.4. The molecule has 0 saturated carbocycles. The second-order valence-corrected chi connectivity index (χ2v) is 6.63. The van der Waals surface area contributed by atoms with Gasteiger partial charge in [-0.2, -0.15) is 4.68 Å². The molecule has 1 aromatic heterocycles. The molecule has 2 aromatic rings. The first-order chi connectivity index (χ1) is 13.5. The average Bonchev–Trinajstić information content (AvgIpc) is 3.09. The van der Waals surface area contributed by atoms with Crippen LogP contribution in [0, 0.1) is 0 Å². The first-order valence-corrected chi connectivity index (χ1v) is 8.51. The van der Waals surface area contributed by atoms with Crippen molar-refractivity contribution in [3.8, 4) is 5.75 Å². The number of hydrogen-bond acceptors (Lipinski definition) is 8. The summed E-state index contributed by atoms with van der Waals surface area (Å²) in [5, 5.41) is 21.0. The maximum absolute atomic E-state index is 13.1. The van der Waals surface area contributed by atoms with Gasteiger partial charge in [-0.15, -0.1) is 28.5 Å². The van der Waals surface area contributed by atoms with Gasteiger partial charge in [0.05, 0.1) is 18.5 Å². The van der Waals surface area contributed by atoms with E-state index in [2.05, 4.69) is 20.1 Å². The Hall–Kier alpha value is -3.31. The van der Waals surface area contributed by atoms with Gasteiger partial charge in [-0.05, 0) is 13.0 Å². The van der Waals surface area contributed by atoms with Crippen molar-refractivity contribution in [1.29, 1.82) is 0 Å². The predicted molar refractivity (Wildman–Crippen MR) is 98.3 cm³/mol. The summed E-state index contributed by atoms with van der Waals surface area (Å²) in [5.41, 5.74) is 0.795. The molecule has 0 amide bonds. The van der Waals surface area contributed by atoms with E-state index >= 15 is 0 Å². The van der Waals surface area contributed by atoms with E-state index in [0.29, 0.717) is 0 Å². The molecule has 1 aliphatic rings. The Kier molecular flexibility index (Phi) is 5.11. The Morgan fingerprint density at radius 2 is 1.93 bits per heavy atom. The number of alkyl halides is 3. The van der Waals surface area contributed by atoms with Crippen LogP contribution in [0.1, 0.15) is 17.4 Å². The third-order valence-electron chi connectivity index (χ3n) is 4.65. The van der Waals surface area contributed by atoms with Gasteiger partial charge in [-0.3, -0.25) is 0 Å². The van der Waals surface area contributed by atoms with E-state index in [4.69, 9.17) is 0 Å². The van der Waals surface area contributed by atoms with Crippen molar-refractivity contribution in [2.24, 2.45) is 10.2 Å². The van der Waals surface area contributed by atoms with Gasteiger partial charge in [0.25, 0.3) is 0 Å². The number of ether oxygens (including phenoxy) is 1. The molecule has 1 unspecified atom stereocenters. The number of phenolic OH excluding ortho intramolecular Hbond substituents is 1. The van der Waals surface area contributed by atoms with Crippen LogP contribution in [0.3, 0.4) is 0 Å². The molecule has 0 aliphatic carbocycles. The third kappa shape index (κ3) is 3.82. The molecule has 1 aliphatic heterocycles. The minimum absolute atomic E-state index is 0.0553. The van der Waals surface area contributed by atoms with Crippen molar-refractivity contribution in [1.82, 2.24) is 9.78 Å². The Bertz CT molecular complexity index is 972. The number of anilines is 2. The molecule has 12 heteroatoms. The van der Waals surface area contributed by atoms with Gasteiger partial charge in [0.1, 0.15) is 11.4 Å². The van der Waals surface area contributed by atoms with E-state index in [1.54, 1.807) is 6.07 Å². The number of likely N-dealkylation sites (N-methyl/N-ethyl adjacent to an activating group) is 2. The summed E-state index contributed by atoms with van der Waals surface area (Å²) in [6.07, 6.45) is -4.94. The third-order valence-corrected chi connectivity index (χ3v) is 4.65. The fourth-order valence-electron chi connectivity index (χ4n) is 3.04. The number of rotatable bonds is 3. The molecule has 156 valence electrons. The van der Waals surface area contributed by atoms with Crippen LogP contribution in [0.25, 0.3) is 0 Å². The number of hydrogen-bond donors (Lipinski definition) is 1. The lowest BCUT2D eigenvalue weighted by molar-refractivity contribution is -0.213. The van der Waals surface area contributed by atoms with Gasteiger partial charge in [0, 0.05) is 38.8 Å². The number of methoxy groups -OCH3 is 1. The second kappa shape index (κ2) is 7.26. The van der Waals surface area contributed by atoms with E-state index in [-0.39, 0.29) is 17.5 Å². The van der Waals surface area contributed by atoms with Crippen molar-refractivity contribution in [3.63, 3.8) is 0 Å². The monoisotopic (exact) mass is 412 g/mol. The Morgan fingerprint density at radius 3 is 2.55 bits per heavy atom. The molecule has 2 heterocycles. The highest BCUT2D eigenvalue weighted by Gasteiger charge is 2.37. The molecular weight excluding hydrogens is 393 g/mol. The maximum Gasteiger partial charge on any atom is 0.505 e. The Balaban J connectivity index is 1.98. The minimum Gasteiger partial charge on any atom is -0.506 e. The van der Waals surface area contributed by atoms with Crippen molar-refractivity contribution in [3.05, 3.63) is 23.9 Å². The SMILES string of the molecule is COC(=O)c1cc(N=Nc2cc3c(cc2O)N(C)C(C)CN3C)nn1C(F)(F)F. The van der Waals surface area contributed by atoms with Crippen LogP contribution < -0.4 is 9.80 Å². The minimum atomic E-state index is -4.94. The van der Waals surface area contributed by atoms with Crippen LogP contribution in [0.4, 0.5) is 36.1 Å². The molecule has 3 rings (SSSR count). The number of fused-ring (bicyclic) bond motifs is 1. The number of aromatic nitrogens is 2. The fraction of sp³-hybridized carbons (Fsp3) is 0.412. The molecule has 0 bridgehead atoms. The number of carbonyl (C=O) groups is 1.